The Morgan fingerprint density at radius 1 is 1.11 bits per heavy atom. The number of aryl methyl sites for hydroxylation is 1. The first-order chi connectivity index (χ1) is 13.6. The predicted molar refractivity (Wildman–Crippen MR) is 111 cm³/mol. The van der Waals surface area contributed by atoms with Gasteiger partial charge in [-0.05, 0) is 49.2 Å². The summed E-state index contributed by atoms with van der Waals surface area (Å²) in [7, 11) is 0. The highest BCUT2D eigenvalue weighted by Crippen LogP contribution is 2.25. The molecule has 0 unspecified atom stereocenters. The molecule has 0 aliphatic carbocycles. The summed E-state index contributed by atoms with van der Waals surface area (Å²) < 4.78 is 3.46. The largest absolute Gasteiger partial charge is 0.313 e. The Labute approximate surface area is 166 Å². The molecule has 0 aromatic carbocycles. The van der Waals surface area contributed by atoms with Crippen LogP contribution in [-0.2, 0) is 0 Å². The summed E-state index contributed by atoms with van der Waals surface area (Å²) in [4.78, 5) is 21.9. The predicted octanol–water partition coefficient (Wildman–Crippen LogP) is 3.35. The van der Waals surface area contributed by atoms with Crippen LogP contribution in [0.2, 0.25) is 5.02 Å². The number of aromatic nitrogens is 4. The lowest BCUT2D eigenvalue weighted by molar-refractivity contribution is 0.738. The van der Waals surface area contributed by atoms with E-state index in [1.165, 1.54) is 5.57 Å². The molecule has 0 spiro atoms. The Balaban J connectivity index is 1.63. The molecule has 4 aromatic rings. The fourth-order valence-electron chi connectivity index (χ4n) is 3.64. The Hall–Kier alpha value is -2.96. The number of nitrogens with zero attached hydrogens (tertiary/aromatic N) is 4. The van der Waals surface area contributed by atoms with Gasteiger partial charge in [0.1, 0.15) is 5.65 Å². The minimum absolute atomic E-state index is 0.116. The van der Waals surface area contributed by atoms with Crippen molar-refractivity contribution in [1.82, 2.24) is 24.1 Å². The second kappa shape index (κ2) is 6.58. The topological polar surface area (TPSA) is 63.7 Å². The van der Waals surface area contributed by atoms with Crippen LogP contribution in [0.15, 0.2) is 53.7 Å². The van der Waals surface area contributed by atoms with Gasteiger partial charge in [0.25, 0.3) is 5.56 Å². The lowest BCUT2D eigenvalue weighted by Gasteiger charge is -2.15. The smallest absolute Gasteiger partial charge is 0.258 e. The molecular weight excluding hydrogens is 374 g/mol. The van der Waals surface area contributed by atoms with Crippen molar-refractivity contribution in [3.63, 3.8) is 0 Å². The van der Waals surface area contributed by atoms with Crippen LogP contribution in [0.4, 0.5) is 0 Å². The molecule has 140 valence electrons. The van der Waals surface area contributed by atoms with Crippen LogP contribution in [-0.4, -0.2) is 31.9 Å². The number of nitrogens with one attached hydrogen (secondary N) is 1. The number of fused-ring (bicyclic) bond motifs is 2. The summed E-state index contributed by atoms with van der Waals surface area (Å²) in [6.45, 7) is 3.72. The maximum atomic E-state index is 12.8. The summed E-state index contributed by atoms with van der Waals surface area (Å²) in [5.74, 6) is 0. The average molecular weight is 392 g/mol. The van der Waals surface area contributed by atoms with E-state index < -0.39 is 0 Å². The van der Waals surface area contributed by atoms with Crippen molar-refractivity contribution in [3.05, 3.63) is 75.6 Å². The molecule has 4 aromatic heterocycles. The molecule has 0 fully saturated rings. The lowest BCUT2D eigenvalue weighted by Crippen LogP contribution is -2.20. The first-order valence-corrected chi connectivity index (χ1v) is 9.55. The summed E-state index contributed by atoms with van der Waals surface area (Å²) in [6.07, 6.45) is 8.79. The third-order valence-corrected chi connectivity index (χ3v) is 5.29. The highest BCUT2D eigenvalue weighted by Gasteiger charge is 2.12. The minimum Gasteiger partial charge on any atom is -0.313 e. The molecule has 0 atom stereocenters. The molecule has 5 rings (SSSR count). The van der Waals surface area contributed by atoms with Crippen LogP contribution in [0.1, 0.15) is 17.7 Å². The molecule has 7 heteroatoms. The SMILES string of the molecule is Cc1cn2cc(-c3cc(=O)n4cc(C5=CCNCC5)ccc4n3)cc(Cl)c2n1. The number of halogens is 1. The third-order valence-electron chi connectivity index (χ3n) is 5.02. The maximum Gasteiger partial charge on any atom is 0.258 e. The monoisotopic (exact) mass is 391 g/mol. The second-order valence-corrected chi connectivity index (χ2v) is 7.41. The van der Waals surface area contributed by atoms with Crippen molar-refractivity contribution < 1.29 is 0 Å². The number of hydrogen-bond donors (Lipinski definition) is 1. The molecule has 0 saturated heterocycles. The van der Waals surface area contributed by atoms with Gasteiger partial charge in [0.05, 0.1) is 16.4 Å². The standard InChI is InChI=1S/C21H18ClN5O/c1-13-10-26-11-16(8-17(22)21(26)24-13)18-9-20(28)27-12-15(2-3-19(27)25-18)14-4-6-23-7-5-14/h2-4,8-12,23H,5-7H2,1H3. The van der Waals surface area contributed by atoms with Gasteiger partial charge in [0, 0.05) is 36.8 Å². The van der Waals surface area contributed by atoms with E-state index >= 15 is 0 Å². The number of pyridine rings is 2. The average Bonchev–Trinajstić information content (AvgIpc) is 3.09. The van der Waals surface area contributed by atoms with E-state index in [0.717, 1.165) is 36.3 Å². The fourth-order valence-corrected chi connectivity index (χ4v) is 3.90. The van der Waals surface area contributed by atoms with Crippen molar-refractivity contribution in [1.29, 1.82) is 0 Å². The van der Waals surface area contributed by atoms with Crippen LogP contribution < -0.4 is 10.9 Å². The molecule has 1 aliphatic heterocycles. The maximum absolute atomic E-state index is 12.8. The van der Waals surface area contributed by atoms with Gasteiger partial charge in [0.15, 0.2) is 5.65 Å². The zero-order valence-corrected chi connectivity index (χ0v) is 16.1. The van der Waals surface area contributed by atoms with E-state index in [-0.39, 0.29) is 5.56 Å². The van der Waals surface area contributed by atoms with E-state index in [2.05, 4.69) is 21.4 Å². The van der Waals surface area contributed by atoms with Crippen LogP contribution in [0.25, 0.3) is 28.1 Å². The molecule has 0 radical (unpaired) electrons. The quantitative estimate of drug-likeness (QED) is 0.569. The van der Waals surface area contributed by atoms with E-state index in [0.29, 0.717) is 22.0 Å². The first-order valence-electron chi connectivity index (χ1n) is 9.17. The molecule has 1 aliphatic rings. The van der Waals surface area contributed by atoms with Gasteiger partial charge in [-0.1, -0.05) is 17.7 Å². The summed E-state index contributed by atoms with van der Waals surface area (Å²) in [6, 6.07) is 7.27. The van der Waals surface area contributed by atoms with Gasteiger partial charge in [-0.15, -0.1) is 0 Å². The van der Waals surface area contributed by atoms with Crippen molar-refractivity contribution in [2.75, 3.05) is 13.1 Å². The first kappa shape index (κ1) is 17.2. The molecule has 1 N–H and O–H groups in total. The Morgan fingerprint density at radius 3 is 2.82 bits per heavy atom. The molecular formula is C21H18ClN5O. The Kier molecular flexibility index (Phi) is 4.03. The summed E-state index contributed by atoms with van der Waals surface area (Å²) in [5, 5.41) is 3.83. The zero-order valence-electron chi connectivity index (χ0n) is 15.3. The van der Waals surface area contributed by atoms with E-state index in [1.54, 1.807) is 16.5 Å². The molecule has 0 amide bonds. The van der Waals surface area contributed by atoms with Crippen molar-refractivity contribution >= 4 is 28.5 Å². The highest BCUT2D eigenvalue weighted by atomic mass is 35.5. The van der Waals surface area contributed by atoms with Gasteiger partial charge in [-0.25, -0.2) is 9.97 Å². The van der Waals surface area contributed by atoms with E-state index in [9.17, 15) is 4.79 Å². The summed E-state index contributed by atoms with van der Waals surface area (Å²) >= 11 is 6.38. The molecule has 28 heavy (non-hydrogen) atoms. The highest BCUT2D eigenvalue weighted by molar-refractivity contribution is 6.33. The van der Waals surface area contributed by atoms with Crippen LogP contribution in [0.3, 0.4) is 0 Å². The van der Waals surface area contributed by atoms with Crippen molar-refractivity contribution in [2.24, 2.45) is 0 Å². The van der Waals surface area contributed by atoms with Gasteiger partial charge >= 0.3 is 0 Å². The van der Waals surface area contributed by atoms with Gasteiger partial charge in [-0.3, -0.25) is 9.20 Å². The van der Waals surface area contributed by atoms with Gasteiger partial charge in [-0.2, -0.15) is 0 Å². The fraction of sp³-hybridized carbons (Fsp3) is 0.190. The van der Waals surface area contributed by atoms with E-state index in [4.69, 9.17) is 11.6 Å². The molecule has 0 bridgehead atoms. The Morgan fingerprint density at radius 2 is 2.00 bits per heavy atom. The van der Waals surface area contributed by atoms with Crippen molar-refractivity contribution in [3.8, 4) is 11.3 Å². The number of imidazole rings is 1. The molecule has 0 saturated carbocycles. The van der Waals surface area contributed by atoms with Crippen LogP contribution in [0.5, 0.6) is 0 Å². The van der Waals surface area contributed by atoms with Crippen molar-refractivity contribution in [2.45, 2.75) is 13.3 Å². The van der Waals surface area contributed by atoms with Crippen LogP contribution >= 0.6 is 11.6 Å². The third kappa shape index (κ3) is 2.91. The normalized spacial score (nSPS) is 14.6. The van der Waals surface area contributed by atoms with Gasteiger partial charge in [0.2, 0.25) is 0 Å². The number of hydrogen-bond acceptors (Lipinski definition) is 4. The van der Waals surface area contributed by atoms with Gasteiger partial charge < -0.3 is 9.72 Å². The Bertz CT molecular complexity index is 1320. The second-order valence-electron chi connectivity index (χ2n) is 7.00. The van der Waals surface area contributed by atoms with Crippen LogP contribution in [0, 0.1) is 6.92 Å². The zero-order chi connectivity index (χ0) is 19.3. The molecule has 5 heterocycles. The lowest BCUT2D eigenvalue weighted by atomic mass is 10.0. The number of rotatable bonds is 2. The van der Waals surface area contributed by atoms with E-state index in [1.807, 2.05) is 42.0 Å². The summed E-state index contributed by atoms with van der Waals surface area (Å²) in [5.41, 5.74) is 5.75. The molecule has 6 nitrogen and oxygen atoms in total. The minimum atomic E-state index is -0.116.